The smallest absolute Gasteiger partial charge is 0.193 e. The van der Waals surface area contributed by atoms with Gasteiger partial charge >= 0.3 is 0 Å². The molecule has 51 heavy (non-hydrogen) atoms. The summed E-state index contributed by atoms with van der Waals surface area (Å²) in [4.78, 5) is 4.84. The quantitative estimate of drug-likeness (QED) is 0.179. The third-order valence-corrected chi connectivity index (χ3v) is 23.8. The van der Waals surface area contributed by atoms with Gasteiger partial charge in [0.25, 0.3) is 0 Å². The monoisotopic (exact) mass is 738 g/mol. The maximum Gasteiger partial charge on any atom is 0.193 e. The van der Waals surface area contributed by atoms with E-state index >= 15 is 0 Å². The number of aliphatic imine (C=N–C) groups is 1. The molecule has 0 saturated heterocycles. The van der Waals surface area contributed by atoms with E-state index in [2.05, 4.69) is 120 Å². The molecule has 0 bridgehead atoms. The number of aliphatic hydroxyl groups excluding tert-OH is 1. The van der Waals surface area contributed by atoms with Crippen LogP contribution in [0.15, 0.2) is 52.6 Å². The fraction of sp³-hybridized carbons (Fsp3) is 0.795. The van der Waals surface area contributed by atoms with Gasteiger partial charge < -0.3 is 18.7 Å². The molecule has 0 amide bonds. The van der Waals surface area contributed by atoms with Crippen LogP contribution in [0.3, 0.4) is 0 Å². The molecule has 0 radical (unpaired) electrons. The van der Waals surface area contributed by atoms with Crippen molar-refractivity contribution >= 4 is 22.5 Å². The summed E-state index contributed by atoms with van der Waals surface area (Å²) >= 11 is 0. The van der Waals surface area contributed by atoms with Crippen molar-refractivity contribution in [2.24, 2.45) is 33.6 Å². The summed E-state index contributed by atoms with van der Waals surface area (Å²) in [5.41, 5.74) is 3.87. The Labute approximate surface area is 315 Å². The molecule has 1 heterocycles. The maximum absolute atomic E-state index is 11.4. The lowest BCUT2D eigenvalue weighted by Crippen LogP contribution is -2.49. The summed E-state index contributed by atoms with van der Waals surface area (Å²) in [6.07, 6.45) is 18.8. The highest BCUT2D eigenvalue weighted by molar-refractivity contribution is 6.74. The number of fused-ring (bicyclic) bond motifs is 1. The average molecular weight is 738 g/mol. The predicted octanol–water partition coefficient (Wildman–Crippen LogP) is 11.7. The van der Waals surface area contributed by atoms with Crippen LogP contribution in [0.25, 0.3) is 0 Å². The molecule has 4 aliphatic carbocycles. The lowest BCUT2D eigenvalue weighted by atomic mass is 9.61. The zero-order valence-electron chi connectivity index (χ0n) is 35.2. The van der Waals surface area contributed by atoms with Crippen molar-refractivity contribution in [3.63, 3.8) is 0 Å². The molecule has 0 unspecified atom stereocenters. The molecule has 7 atom stereocenters. The van der Waals surface area contributed by atoms with Crippen molar-refractivity contribution in [3.8, 4) is 0 Å². The van der Waals surface area contributed by atoms with Gasteiger partial charge in [0.15, 0.2) is 22.5 Å². The Morgan fingerprint density at radius 2 is 1.55 bits per heavy atom. The standard InChI is InChI=1S/C44H75NO4Si2/c1-30(18-23-38(46)44(25-26-44)39-45-42(9,10)29-47-39)35-21-22-36-32(17-16-24-43(35,36)11)19-20-33-27-34(48-50(12,13)40(3,4)5)28-37(31(33)2)49-51(14,15)41(6,7)8/h18-20,23,30,34-38,46H,2,16-17,21-22,24-29H2,1,3-15H3/b23-18+,32-19+,33-20-/t30-,34-,35-,36+,37+,38-,43-/m1/s1. The van der Waals surface area contributed by atoms with Crippen molar-refractivity contribution in [1.82, 2.24) is 0 Å². The number of rotatable bonds is 10. The summed E-state index contributed by atoms with van der Waals surface area (Å²) in [6.45, 7) is 38.0. The van der Waals surface area contributed by atoms with Crippen LogP contribution in [-0.2, 0) is 13.6 Å². The van der Waals surface area contributed by atoms with Gasteiger partial charge in [0, 0.05) is 6.42 Å². The second-order valence-corrected chi connectivity index (χ2v) is 30.7. The largest absolute Gasteiger partial charge is 0.478 e. The van der Waals surface area contributed by atoms with Crippen molar-refractivity contribution < 1.29 is 18.7 Å². The summed E-state index contributed by atoms with van der Waals surface area (Å²) < 4.78 is 20.2. The van der Waals surface area contributed by atoms with Gasteiger partial charge in [-0.05, 0) is 136 Å². The van der Waals surface area contributed by atoms with E-state index in [1.807, 2.05) is 0 Å². The normalized spacial score (nSPS) is 34.1. The van der Waals surface area contributed by atoms with E-state index in [4.69, 9.17) is 25.2 Å². The van der Waals surface area contributed by atoms with Crippen molar-refractivity contribution in [2.75, 3.05) is 6.61 Å². The van der Waals surface area contributed by atoms with Crippen LogP contribution in [0.2, 0.25) is 36.3 Å². The van der Waals surface area contributed by atoms with Crippen LogP contribution in [0.5, 0.6) is 0 Å². The van der Waals surface area contributed by atoms with E-state index in [1.54, 1.807) is 5.57 Å². The topological polar surface area (TPSA) is 60.3 Å². The minimum Gasteiger partial charge on any atom is -0.478 e. The van der Waals surface area contributed by atoms with Gasteiger partial charge in [0.05, 0.1) is 29.3 Å². The van der Waals surface area contributed by atoms with Gasteiger partial charge in [0.1, 0.15) is 6.61 Å². The Morgan fingerprint density at radius 3 is 2.12 bits per heavy atom. The van der Waals surface area contributed by atoms with Gasteiger partial charge in [-0.15, -0.1) is 0 Å². The molecule has 4 saturated carbocycles. The third-order valence-electron chi connectivity index (χ3n) is 14.8. The fourth-order valence-corrected chi connectivity index (χ4v) is 11.8. The van der Waals surface area contributed by atoms with E-state index in [-0.39, 0.29) is 38.7 Å². The Hall–Kier alpha value is -1.26. The van der Waals surface area contributed by atoms with Crippen LogP contribution >= 0.6 is 0 Å². The van der Waals surface area contributed by atoms with Crippen molar-refractivity contribution in [3.05, 3.63) is 47.6 Å². The zero-order chi connectivity index (χ0) is 38.0. The van der Waals surface area contributed by atoms with E-state index in [0.29, 0.717) is 24.4 Å². The van der Waals surface area contributed by atoms with Crippen molar-refractivity contribution in [1.29, 1.82) is 0 Å². The number of hydrogen-bond acceptors (Lipinski definition) is 5. The Morgan fingerprint density at radius 1 is 0.922 bits per heavy atom. The molecule has 0 aromatic heterocycles. The van der Waals surface area contributed by atoms with Gasteiger partial charge in [0.2, 0.25) is 0 Å². The van der Waals surface area contributed by atoms with Crippen LogP contribution in [0, 0.1) is 28.6 Å². The first-order chi connectivity index (χ1) is 23.3. The van der Waals surface area contributed by atoms with Gasteiger partial charge in [-0.1, -0.05) is 91.8 Å². The maximum atomic E-state index is 11.4. The van der Waals surface area contributed by atoms with Crippen LogP contribution < -0.4 is 0 Å². The summed E-state index contributed by atoms with van der Waals surface area (Å²) in [6, 6.07) is 0. The third kappa shape index (κ3) is 8.38. The molecule has 5 aliphatic rings. The molecule has 0 aromatic carbocycles. The lowest BCUT2D eigenvalue weighted by molar-refractivity contribution is 0.0969. The number of allylic oxidation sites excluding steroid dienone is 4. The summed E-state index contributed by atoms with van der Waals surface area (Å²) in [5, 5.41) is 11.7. The molecule has 4 fully saturated rings. The fourth-order valence-electron chi connectivity index (χ4n) is 9.12. The second-order valence-electron chi connectivity index (χ2n) is 21.2. The minimum atomic E-state index is -2.00. The molecule has 288 valence electrons. The van der Waals surface area contributed by atoms with Gasteiger partial charge in [-0.3, -0.25) is 0 Å². The van der Waals surface area contributed by atoms with Crippen molar-refractivity contribution in [2.45, 2.75) is 187 Å². The Kier molecular flexibility index (Phi) is 11.3. The Balaban J connectivity index is 1.34. The first-order valence-corrected chi connectivity index (χ1v) is 26.2. The first-order valence-electron chi connectivity index (χ1n) is 20.4. The number of aliphatic hydroxyl groups is 1. The molecule has 1 aliphatic heterocycles. The second kappa shape index (κ2) is 14.1. The van der Waals surface area contributed by atoms with E-state index in [9.17, 15) is 5.11 Å². The van der Waals surface area contributed by atoms with Gasteiger partial charge in [-0.2, -0.15) is 0 Å². The molecule has 0 spiro atoms. The summed E-state index contributed by atoms with van der Waals surface area (Å²) in [7, 11) is -3.96. The van der Waals surface area contributed by atoms with Crippen LogP contribution in [0.4, 0.5) is 0 Å². The SMILES string of the molecule is C=C1/C(=C\C=C2/CCC[C@]3(C)[C@@H]([C@H](C)/C=C/[C@@H](O)C4(C5=NC(C)(C)CO5)CC4)CC[C@@H]23)C[C@@H](O[Si](C)(C)C(C)(C)C)C[C@@H]1O[Si](C)(C)C(C)(C)C. The number of ether oxygens (including phenoxy) is 1. The van der Waals surface area contributed by atoms with Crippen LogP contribution in [0.1, 0.15) is 127 Å². The Bertz CT molecular complexity index is 1440. The minimum absolute atomic E-state index is 0.00287. The highest BCUT2D eigenvalue weighted by Crippen LogP contribution is 2.60. The summed E-state index contributed by atoms with van der Waals surface area (Å²) in [5.74, 6) is 2.39. The van der Waals surface area contributed by atoms with E-state index in [0.717, 1.165) is 37.2 Å². The lowest BCUT2D eigenvalue weighted by Gasteiger charge is -2.45. The molecular formula is C44H75NO4Si2. The predicted molar refractivity (Wildman–Crippen MR) is 220 cm³/mol. The van der Waals surface area contributed by atoms with Gasteiger partial charge in [-0.25, -0.2) is 4.99 Å². The molecule has 0 aromatic rings. The molecule has 7 heteroatoms. The molecule has 5 rings (SSSR count). The number of nitrogens with zero attached hydrogens (tertiary/aromatic N) is 1. The highest BCUT2D eigenvalue weighted by Gasteiger charge is 2.56. The van der Waals surface area contributed by atoms with E-state index < -0.39 is 22.7 Å². The average Bonchev–Trinajstić information content (AvgIpc) is 3.61. The molecule has 1 N–H and O–H groups in total. The molecular weight excluding hydrogens is 663 g/mol. The first kappa shape index (κ1) is 40.9. The molecule has 5 nitrogen and oxygen atoms in total. The number of hydrogen-bond donors (Lipinski definition) is 1. The zero-order valence-corrected chi connectivity index (χ0v) is 37.2. The highest BCUT2D eigenvalue weighted by atomic mass is 28.4. The van der Waals surface area contributed by atoms with Crippen LogP contribution in [-0.4, -0.2) is 58.1 Å². The van der Waals surface area contributed by atoms with E-state index in [1.165, 1.54) is 37.7 Å².